The van der Waals surface area contributed by atoms with E-state index < -0.39 is 0 Å². The summed E-state index contributed by atoms with van der Waals surface area (Å²) in [5, 5.41) is 0. The first-order valence-corrected chi connectivity index (χ1v) is 8.59. The van der Waals surface area contributed by atoms with Crippen LogP contribution in [0.25, 0.3) is 0 Å². The Kier molecular flexibility index (Phi) is 3.95. The Balaban J connectivity index is 1.65. The molecule has 3 heterocycles. The van der Waals surface area contributed by atoms with Crippen molar-refractivity contribution in [3.8, 4) is 0 Å². The highest BCUT2D eigenvalue weighted by atomic mass is 19.1. The van der Waals surface area contributed by atoms with Gasteiger partial charge in [0.25, 0.3) is 0 Å². The molecular formula is C18H23FN6. The van der Waals surface area contributed by atoms with Crippen molar-refractivity contribution in [3.63, 3.8) is 0 Å². The zero-order chi connectivity index (χ0) is 17.6. The fraction of sp³-hybridized carbons (Fsp3) is 0.444. The first-order chi connectivity index (χ1) is 12.0. The third-order valence-electron chi connectivity index (χ3n) is 5.27. The van der Waals surface area contributed by atoms with Crippen LogP contribution in [0, 0.1) is 17.7 Å². The van der Waals surface area contributed by atoms with Crippen molar-refractivity contribution in [2.75, 3.05) is 49.6 Å². The summed E-state index contributed by atoms with van der Waals surface area (Å²) in [5.74, 6) is 2.39. The van der Waals surface area contributed by atoms with E-state index in [0.29, 0.717) is 24.1 Å². The van der Waals surface area contributed by atoms with Gasteiger partial charge < -0.3 is 21.3 Å². The number of benzene rings is 1. The van der Waals surface area contributed by atoms with Gasteiger partial charge >= 0.3 is 0 Å². The Morgan fingerprint density at radius 1 is 1.12 bits per heavy atom. The number of nitrogens with two attached hydrogens (primary N) is 2. The Bertz CT molecular complexity index is 781. The van der Waals surface area contributed by atoms with Crippen LogP contribution in [-0.2, 0) is 6.42 Å². The van der Waals surface area contributed by atoms with Crippen molar-refractivity contribution in [1.82, 2.24) is 14.9 Å². The Labute approximate surface area is 146 Å². The molecule has 4 rings (SSSR count). The minimum absolute atomic E-state index is 0.185. The summed E-state index contributed by atoms with van der Waals surface area (Å²) in [6.45, 7) is 4.11. The van der Waals surface area contributed by atoms with Crippen molar-refractivity contribution in [3.05, 3.63) is 41.2 Å². The Morgan fingerprint density at radius 2 is 1.84 bits per heavy atom. The Hall–Kier alpha value is -2.41. The summed E-state index contributed by atoms with van der Waals surface area (Å²) in [6, 6.07) is 6.55. The second kappa shape index (κ2) is 6.15. The maximum Gasteiger partial charge on any atom is 0.223 e. The van der Waals surface area contributed by atoms with Crippen molar-refractivity contribution >= 4 is 17.6 Å². The lowest BCUT2D eigenvalue weighted by molar-refractivity contribution is 0.387. The fourth-order valence-electron chi connectivity index (χ4n) is 4.19. The first-order valence-electron chi connectivity index (χ1n) is 8.59. The average Bonchev–Trinajstić information content (AvgIpc) is 3.07. The predicted octanol–water partition coefficient (Wildman–Crippen LogP) is 1.37. The van der Waals surface area contributed by atoms with Gasteiger partial charge in [-0.1, -0.05) is 12.1 Å². The van der Waals surface area contributed by atoms with Crippen molar-refractivity contribution < 1.29 is 4.39 Å². The molecule has 1 aromatic heterocycles. The largest absolute Gasteiger partial charge is 0.383 e. The maximum absolute atomic E-state index is 13.5. The lowest BCUT2D eigenvalue weighted by Gasteiger charge is -2.24. The van der Waals surface area contributed by atoms with Gasteiger partial charge in [0.15, 0.2) is 0 Å². The highest BCUT2D eigenvalue weighted by Gasteiger charge is 2.40. The van der Waals surface area contributed by atoms with Gasteiger partial charge in [0.1, 0.15) is 17.5 Å². The van der Waals surface area contributed by atoms with Gasteiger partial charge in [0.2, 0.25) is 5.95 Å². The topological polar surface area (TPSA) is 84.3 Å². The summed E-state index contributed by atoms with van der Waals surface area (Å²) < 4.78 is 13.5. The summed E-state index contributed by atoms with van der Waals surface area (Å²) in [4.78, 5) is 13.3. The van der Waals surface area contributed by atoms with Gasteiger partial charge in [-0.3, -0.25) is 0 Å². The van der Waals surface area contributed by atoms with E-state index in [1.54, 1.807) is 6.07 Å². The van der Waals surface area contributed by atoms with Crippen LogP contribution in [0.4, 0.5) is 22.0 Å². The number of hydrogen-bond acceptors (Lipinski definition) is 6. The number of fused-ring (bicyclic) bond motifs is 1. The van der Waals surface area contributed by atoms with Crippen LogP contribution in [0.5, 0.6) is 0 Å². The van der Waals surface area contributed by atoms with E-state index in [4.69, 9.17) is 11.5 Å². The van der Waals surface area contributed by atoms with Crippen LogP contribution in [0.1, 0.15) is 11.1 Å². The van der Waals surface area contributed by atoms with Gasteiger partial charge in [-0.05, 0) is 36.6 Å². The molecule has 4 N–H and O–H groups in total. The van der Waals surface area contributed by atoms with E-state index in [9.17, 15) is 4.39 Å². The van der Waals surface area contributed by atoms with Crippen LogP contribution in [0.2, 0.25) is 0 Å². The predicted molar refractivity (Wildman–Crippen MR) is 96.8 cm³/mol. The standard InChI is InChI=1S/C18H23FN6/c1-24-7-12-9-25(10-13(12)8-24)17-15(16(20)22-18(21)23-17)6-11-3-2-4-14(19)5-11/h2-5,12-13H,6-10H2,1H3,(H4,20,21,22,23). The van der Waals surface area contributed by atoms with Crippen LogP contribution < -0.4 is 16.4 Å². The van der Waals surface area contributed by atoms with E-state index in [0.717, 1.165) is 43.1 Å². The molecule has 6 nitrogen and oxygen atoms in total. The molecule has 0 spiro atoms. The van der Waals surface area contributed by atoms with E-state index in [1.165, 1.54) is 12.1 Å². The summed E-state index contributed by atoms with van der Waals surface area (Å²) in [7, 11) is 2.17. The lowest BCUT2D eigenvalue weighted by atomic mass is 10.0. The number of anilines is 3. The summed E-state index contributed by atoms with van der Waals surface area (Å²) in [5.41, 5.74) is 13.7. The number of nitrogens with zero attached hydrogens (tertiary/aromatic N) is 4. The van der Waals surface area contributed by atoms with Gasteiger partial charge in [-0.25, -0.2) is 4.39 Å². The van der Waals surface area contributed by atoms with Crippen LogP contribution >= 0.6 is 0 Å². The van der Waals surface area contributed by atoms with Gasteiger partial charge in [-0.2, -0.15) is 9.97 Å². The minimum atomic E-state index is -0.257. The third-order valence-corrected chi connectivity index (χ3v) is 5.27. The van der Waals surface area contributed by atoms with Crippen LogP contribution in [-0.4, -0.2) is 48.1 Å². The smallest absolute Gasteiger partial charge is 0.223 e. The number of aromatic nitrogens is 2. The highest BCUT2D eigenvalue weighted by molar-refractivity contribution is 5.61. The molecule has 132 valence electrons. The monoisotopic (exact) mass is 342 g/mol. The number of rotatable bonds is 3. The molecule has 2 unspecified atom stereocenters. The molecule has 2 atom stereocenters. The van der Waals surface area contributed by atoms with Gasteiger partial charge in [-0.15, -0.1) is 0 Å². The number of hydrogen-bond donors (Lipinski definition) is 2. The molecule has 2 aliphatic heterocycles. The molecule has 0 amide bonds. The molecule has 2 fully saturated rings. The highest BCUT2D eigenvalue weighted by Crippen LogP contribution is 2.35. The van der Waals surface area contributed by atoms with Crippen molar-refractivity contribution in [1.29, 1.82) is 0 Å². The van der Waals surface area contributed by atoms with Gasteiger partial charge in [0.05, 0.1) is 0 Å². The number of nitrogen functional groups attached to an aromatic ring is 2. The van der Waals surface area contributed by atoms with E-state index in [2.05, 4.69) is 26.8 Å². The second-order valence-corrected chi connectivity index (χ2v) is 7.22. The summed E-state index contributed by atoms with van der Waals surface area (Å²) >= 11 is 0. The summed E-state index contributed by atoms with van der Waals surface area (Å²) in [6.07, 6.45) is 0.491. The number of halogens is 1. The molecule has 0 aliphatic carbocycles. The third kappa shape index (κ3) is 3.11. The van der Waals surface area contributed by atoms with Crippen molar-refractivity contribution in [2.24, 2.45) is 11.8 Å². The van der Waals surface area contributed by atoms with E-state index in [-0.39, 0.29) is 11.8 Å². The minimum Gasteiger partial charge on any atom is -0.383 e. The van der Waals surface area contributed by atoms with Crippen LogP contribution in [0.15, 0.2) is 24.3 Å². The molecule has 25 heavy (non-hydrogen) atoms. The van der Waals surface area contributed by atoms with E-state index >= 15 is 0 Å². The van der Waals surface area contributed by atoms with E-state index in [1.807, 2.05) is 6.07 Å². The Morgan fingerprint density at radius 3 is 2.52 bits per heavy atom. The molecule has 7 heteroatoms. The lowest BCUT2D eigenvalue weighted by Crippen LogP contribution is -2.29. The molecule has 2 saturated heterocycles. The molecule has 0 saturated carbocycles. The maximum atomic E-state index is 13.5. The normalized spacial score (nSPS) is 23.2. The first kappa shape index (κ1) is 16.1. The number of likely N-dealkylation sites (tertiary alicyclic amines) is 1. The molecular weight excluding hydrogens is 319 g/mol. The quantitative estimate of drug-likeness (QED) is 0.876. The molecule has 0 radical (unpaired) electrons. The molecule has 2 aromatic rings. The SMILES string of the molecule is CN1CC2CN(c3nc(N)nc(N)c3Cc3cccc(F)c3)CC2C1. The molecule has 2 aliphatic rings. The van der Waals surface area contributed by atoms with Gasteiger partial charge in [0, 0.05) is 38.2 Å². The zero-order valence-corrected chi connectivity index (χ0v) is 14.3. The molecule has 1 aromatic carbocycles. The van der Waals surface area contributed by atoms with Crippen LogP contribution in [0.3, 0.4) is 0 Å². The zero-order valence-electron chi connectivity index (χ0n) is 14.3. The average molecular weight is 342 g/mol. The van der Waals surface area contributed by atoms with Crippen molar-refractivity contribution in [2.45, 2.75) is 6.42 Å². The fourth-order valence-corrected chi connectivity index (χ4v) is 4.19. The second-order valence-electron chi connectivity index (χ2n) is 7.22. The molecule has 0 bridgehead atoms.